The van der Waals surface area contributed by atoms with E-state index in [1.807, 2.05) is 7.05 Å². The SMILES string of the molecule is CN=PP=PP=PP=PP=PP=PP=PP=PP=PP=PP=PP=PP=PP=PP=PP=PP=PP=PP=PP=PP=PP=PP=PP=O. The maximum atomic E-state index is 10.4. The molecule has 0 saturated heterocycles. The highest BCUT2D eigenvalue weighted by atomic mass is 32.7. The second-order valence-corrected chi connectivity index (χ2v) is 108. The lowest BCUT2D eigenvalue weighted by Gasteiger charge is -1.70. The summed E-state index contributed by atoms with van der Waals surface area (Å²) in [4.78, 5) is 0. The third-order valence-electron chi connectivity index (χ3n) is 1.89. The first-order valence-corrected chi connectivity index (χ1v) is 82.6. The molecule has 0 fully saturated rings. The van der Waals surface area contributed by atoms with Crippen LogP contribution in [0.5, 0.6) is 0 Å². The van der Waals surface area contributed by atoms with Gasteiger partial charge in [0.05, 0.1) is 8.06 Å². The van der Waals surface area contributed by atoms with Gasteiger partial charge in [-0.3, -0.25) is 9.31 Å². The van der Waals surface area contributed by atoms with Gasteiger partial charge < -0.3 is 0 Å². The van der Waals surface area contributed by atoms with Crippen LogP contribution in [0.4, 0.5) is 0 Å². The molecule has 0 saturated carbocycles. The average molecular weight is 1470 g/mol. The summed E-state index contributed by atoms with van der Waals surface area (Å²) in [6.07, 6.45) is 0. The predicted octanol–water partition coefficient (Wildman–Crippen LogP) is 39.8. The first-order valence-electron chi connectivity index (χ1n) is 9.83. The van der Waals surface area contributed by atoms with Gasteiger partial charge in [0.25, 0.3) is 0 Å². The highest BCUT2D eigenvalue weighted by Gasteiger charge is 1.75. The van der Waals surface area contributed by atoms with Crippen LogP contribution in [-0.4, -0.2) is 7.05 Å². The molecular weight excluding hydrogens is 1470 g/mol. The zero-order chi connectivity index (χ0) is 35.2. The Morgan fingerprint density at radius 1 is 0.204 bits per heavy atom. The molecule has 0 amide bonds. The quantitative estimate of drug-likeness (QED) is 0.0938. The molecule has 48 heteroatoms. The molecule has 0 unspecified atom stereocenters. The van der Waals surface area contributed by atoms with E-state index in [4.69, 9.17) is 0 Å². The fourth-order valence-corrected chi connectivity index (χ4v) is 186. The molecule has 248 valence electrons. The van der Waals surface area contributed by atoms with Crippen molar-refractivity contribution in [2.45, 2.75) is 0 Å². The minimum atomic E-state index is 0.263. The Morgan fingerprint density at radius 2 is 0.327 bits per heavy atom. The topological polar surface area (TPSA) is 29.4 Å². The second kappa shape index (κ2) is 61.4. The van der Waals surface area contributed by atoms with E-state index in [1.165, 1.54) is 61.0 Å². The van der Waals surface area contributed by atoms with E-state index in [0.717, 1.165) is 7.56 Å². The van der Waals surface area contributed by atoms with E-state index in [9.17, 15) is 4.57 Å². The van der Waals surface area contributed by atoms with Gasteiger partial charge >= 0.3 is 0 Å². The minimum Gasteiger partial charge on any atom is -0.264 e. The predicted molar refractivity (Wildman–Crippen MR) is 327 cm³/mol. The van der Waals surface area contributed by atoms with E-state index in [-0.39, 0.29) is 8.15 Å². The van der Waals surface area contributed by atoms with Crippen LogP contribution in [0, 0.1) is 0 Å². The van der Waals surface area contributed by atoms with Gasteiger partial charge in [-0.25, -0.2) is 0 Å². The van der Waals surface area contributed by atoms with Crippen molar-refractivity contribution >= 4 is 349 Å². The smallest absolute Gasteiger partial charge is 0.220 e. The summed E-state index contributed by atoms with van der Waals surface area (Å²) in [6, 6.07) is 0. The molecule has 0 aliphatic carbocycles. The van der Waals surface area contributed by atoms with Crippen LogP contribution in [-0.2, 0) is 4.57 Å². The van der Waals surface area contributed by atoms with Gasteiger partial charge in [0.2, 0.25) is 8.15 Å². The molecule has 0 radical (unpaired) electrons. The van der Waals surface area contributed by atoms with Crippen molar-refractivity contribution in [2.24, 2.45) is 4.74 Å². The molecule has 0 aromatic carbocycles. The van der Waals surface area contributed by atoms with Crippen molar-refractivity contribution in [3.05, 3.63) is 0 Å². The fourth-order valence-electron chi connectivity index (χ4n) is 0.826. The molecule has 49 heavy (non-hydrogen) atoms. The van der Waals surface area contributed by atoms with Gasteiger partial charge in [-0.05, 0) is 0 Å². The first-order chi connectivity index (χ1) is 24.4. The zero-order valence-electron chi connectivity index (χ0n) is 22.4. The van der Waals surface area contributed by atoms with Gasteiger partial charge in [0.15, 0.2) is 0 Å². The molecule has 0 aliphatic rings. The second-order valence-electron chi connectivity index (χ2n) is 4.31. The van der Waals surface area contributed by atoms with Gasteiger partial charge in [-0.1, -0.05) is 0 Å². The maximum absolute atomic E-state index is 10.4. The maximum Gasteiger partial charge on any atom is 0.220 e. The lowest BCUT2D eigenvalue weighted by atomic mass is 11.6. The molecule has 0 bridgehead atoms. The van der Waals surface area contributed by atoms with Crippen molar-refractivity contribution in [3.8, 4) is 0 Å². The molecule has 0 aromatic heterocycles. The van der Waals surface area contributed by atoms with Gasteiger partial charge in [0.1, 0.15) is 0 Å². The van der Waals surface area contributed by atoms with Gasteiger partial charge in [-0.2, -0.15) is 0 Å². The number of rotatable bonds is 23. The van der Waals surface area contributed by atoms with E-state index < -0.39 is 0 Å². The molecule has 0 N–H and O–H groups in total. The summed E-state index contributed by atoms with van der Waals surface area (Å²) >= 11 is 0. The summed E-state index contributed by atoms with van der Waals surface area (Å²) in [6.45, 7) is 0. The molecule has 0 atom stereocenters. The summed E-state index contributed by atoms with van der Waals surface area (Å²) in [5.74, 6) is 0. The molecular formula is CH3NOP46. The lowest BCUT2D eigenvalue weighted by molar-refractivity contribution is 0.605. The first kappa shape index (κ1) is 62.4. The minimum absolute atomic E-state index is 0.263. The summed E-state index contributed by atoms with van der Waals surface area (Å²) in [5, 5.41) is 0. The van der Waals surface area contributed by atoms with Crippen LogP contribution >= 0.6 is 349 Å². The van der Waals surface area contributed by atoms with Crippen molar-refractivity contribution in [2.75, 3.05) is 7.05 Å². The van der Waals surface area contributed by atoms with Crippen molar-refractivity contribution in [1.82, 2.24) is 0 Å². The van der Waals surface area contributed by atoms with Gasteiger partial charge in [-0.15, -0.1) is 0 Å². The third kappa shape index (κ3) is 61.4. The van der Waals surface area contributed by atoms with Crippen LogP contribution in [0.1, 0.15) is 0 Å². The highest BCUT2D eigenvalue weighted by Crippen LogP contribution is 2.60. The number of nitrogens with zero attached hydrogens (tertiary/aromatic N) is 1. The number of hydrogen-bond acceptors (Lipinski definition) is 2. The largest absolute Gasteiger partial charge is 0.264 e. The fraction of sp³-hybridized carbons (Fsp3) is 1.00. The monoisotopic (exact) mass is 1470 g/mol. The highest BCUT2D eigenvalue weighted by molar-refractivity contribution is 8.66. The lowest BCUT2D eigenvalue weighted by Crippen LogP contribution is -1.18. The Bertz CT molecular complexity index is 1550. The van der Waals surface area contributed by atoms with E-state index in [2.05, 4.69) is 4.74 Å². The van der Waals surface area contributed by atoms with Crippen LogP contribution in [0.25, 0.3) is 0 Å². The third-order valence-corrected chi connectivity index (χ3v) is 142. The molecule has 0 aliphatic heterocycles. The van der Waals surface area contributed by atoms with Crippen LogP contribution in [0.2, 0.25) is 0 Å². The average Bonchev–Trinajstić information content (AvgIpc) is 3.11. The Balaban J connectivity index is 4.05. The van der Waals surface area contributed by atoms with Crippen molar-refractivity contribution in [3.63, 3.8) is 0 Å². The van der Waals surface area contributed by atoms with Crippen molar-refractivity contribution in [1.29, 1.82) is 0 Å². The van der Waals surface area contributed by atoms with Crippen LogP contribution < -0.4 is 0 Å². The van der Waals surface area contributed by atoms with Crippen molar-refractivity contribution < 1.29 is 4.57 Å². The number of hydrogen-bond donors (Lipinski definition) is 0. The summed E-state index contributed by atoms with van der Waals surface area (Å²) in [7, 11) is 71.6. The normalized spacial score (nSPS) is 15.4. The molecule has 0 heterocycles. The van der Waals surface area contributed by atoms with E-state index in [0.29, 0.717) is 0 Å². The van der Waals surface area contributed by atoms with E-state index >= 15 is 0 Å². The Morgan fingerprint density at radius 3 is 0.449 bits per heavy atom. The molecule has 2 nitrogen and oxygen atoms in total. The van der Waals surface area contributed by atoms with E-state index in [1.54, 1.807) is 272 Å². The molecule has 0 aromatic rings. The summed E-state index contributed by atoms with van der Waals surface area (Å²) < 4.78 is 14.5. The Hall–Kier alpha value is 13.4. The Kier molecular flexibility index (Phi) is 78.2. The van der Waals surface area contributed by atoms with Crippen LogP contribution in [0.15, 0.2) is 4.74 Å². The standard InChI is InChI=1S/CH3NOP46/c1-2-4-6-8-10-12-14-16-18-20-22-24-26-28-30-32-34-36-38-40-42-44-46-48-49-47-45-43-41-39-37-35-33-31-29-27-25-23-21-19-17-15-13-11-9-7-5-3/h1H3. The zero-order valence-corrected chi connectivity index (χ0v) is 63.6. The Labute approximate surface area is 360 Å². The van der Waals surface area contributed by atoms with Gasteiger partial charge in [0, 0.05) is 340 Å². The molecule has 0 spiro atoms. The molecule has 0 rings (SSSR count). The van der Waals surface area contributed by atoms with Crippen LogP contribution in [0.3, 0.4) is 0 Å². The summed E-state index contributed by atoms with van der Waals surface area (Å²) in [5.41, 5.74) is 0.